The van der Waals surface area contributed by atoms with Crippen LogP contribution in [0.15, 0.2) is 24.3 Å². The highest BCUT2D eigenvalue weighted by Gasteiger charge is 2.33. The van der Waals surface area contributed by atoms with Crippen LogP contribution in [-0.4, -0.2) is 55.9 Å². The van der Waals surface area contributed by atoms with Gasteiger partial charge in [0.05, 0.1) is 0 Å². The Balaban J connectivity index is 1.37. The summed E-state index contributed by atoms with van der Waals surface area (Å²) in [5, 5.41) is 0. The van der Waals surface area contributed by atoms with Crippen LogP contribution in [0.3, 0.4) is 0 Å². The molecule has 1 atom stereocenters. The van der Waals surface area contributed by atoms with Crippen molar-refractivity contribution in [2.75, 3.05) is 26.2 Å². The van der Waals surface area contributed by atoms with Gasteiger partial charge in [-0.15, -0.1) is 0 Å². The quantitative estimate of drug-likeness (QED) is 0.889. The Bertz CT molecular complexity index is 675. The third-order valence-corrected chi connectivity index (χ3v) is 7.65. The highest BCUT2D eigenvalue weighted by Crippen LogP contribution is 2.27. The van der Waals surface area contributed by atoms with Crippen LogP contribution in [0, 0.1) is 0 Å². The molecule has 2 fully saturated rings. The fourth-order valence-electron chi connectivity index (χ4n) is 4.62. The van der Waals surface area contributed by atoms with Crippen molar-refractivity contribution in [2.45, 2.75) is 57.0 Å². The summed E-state index contributed by atoms with van der Waals surface area (Å²) >= 11 is 0. The number of likely N-dealkylation sites (tertiary alicyclic amines) is 1. The predicted molar refractivity (Wildman–Crippen MR) is 99.7 cm³/mol. The maximum atomic E-state index is 12.7. The van der Waals surface area contributed by atoms with Gasteiger partial charge in [0.25, 0.3) is 10.2 Å². The number of hydrogen-bond acceptors (Lipinski definition) is 3. The summed E-state index contributed by atoms with van der Waals surface area (Å²) in [5.41, 5.74) is 2.92. The van der Waals surface area contributed by atoms with Crippen LogP contribution < -0.4 is 4.72 Å². The van der Waals surface area contributed by atoms with E-state index in [4.69, 9.17) is 0 Å². The molecule has 0 spiro atoms. The minimum Gasteiger partial charge on any atom is -0.298 e. The van der Waals surface area contributed by atoms with E-state index in [1.807, 2.05) is 0 Å². The van der Waals surface area contributed by atoms with Gasteiger partial charge in [0, 0.05) is 31.7 Å². The van der Waals surface area contributed by atoms with Gasteiger partial charge in [-0.1, -0.05) is 30.7 Å². The number of nitrogens with one attached hydrogen (secondary N) is 1. The molecule has 1 aromatic carbocycles. The van der Waals surface area contributed by atoms with E-state index in [0.717, 1.165) is 58.0 Å². The highest BCUT2D eigenvalue weighted by atomic mass is 32.2. The van der Waals surface area contributed by atoms with Gasteiger partial charge >= 0.3 is 0 Å². The van der Waals surface area contributed by atoms with Crippen molar-refractivity contribution in [3.8, 4) is 0 Å². The number of nitrogens with zero attached hydrogens (tertiary/aromatic N) is 2. The first-order valence-electron chi connectivity index (χ1n) is 9.70. The van der Waals surface area contributed by atoms with Gasteiger partial charge in [-0.05, 0) is 56.2 Å². The lowest BCUT2D eigenvalue weighted by Crippen LogP contribution is -2.54. The average molecular weight is 364 g/mol. The molecule has 0 bridgehead atoms. The van der Waals surface area contributed by atoms with E-state index in [2.05, 4.69) is 33.9 Å². The minimum atomic E-state index is -3.33. The summed E-state index contributed by atoms with van der Waals surface area (Å²) < 4.78 is 29.9. The van der Waals surface area contributed by atoms with Crippen LogP contribution >= 0.6 is 0 Å². The van der Waals surface area contributed by atoms with Crippen molar-refractivity contribution >= 4 is 10.2 Å². The fourth-order valence-corrected chi connectivity index (χ4v) is 6.12. The molecule has 1 aliphatic carbocycles. The molecule has 6 heteroatoms. The Morgan fingerprint density at radius 3 is 2.28 bits per heavy atom. The van der Waals surface area contributed by atoms with Crippen LogP contribution in [0.4, 0.5) is 0 Å². The lowest BCUT2D eigenvalue weighted by atomic mass is 10.0. The molecule has 138 valence electrons. The second-order valence-corrected chi connectivity index (χ2v) is 9.45. The van der Waals surface area contributed by atoms with Gasteiger partial charge < -0.3 is 0 Å². The number of hydrogen-bond donors (Lipinski definition) is 1. The second kappa shape index (κ2) is 7.35. The first-order valence-corrected chi connectivity index (χ1v) is 11.1. The van der Waals surface area contributed by atoms with Crippen LogP contribution in [0.25, 0.3) is 0 Å². The van der Waals surface area contributed by atoms with E-state index in [0.29, 0.717) is 19.1 Å². The highest BCUT2D eigenvalue weighted by molar-refractivity contribution is 7.87. The van der Waals surface area contributed by atoms with Gasteiger partial charge in [0.2, 0.25) is 0 Å². The smallest absolute Gasteiger partial charge is 0.279 e. The normalized spacial score (nSPS) is 26.6. The lowest BCUT2D eigenvalue weighted by Gasteiger charge is -2.38. The maximum Gasteiger partial charge on any atom is 0.279 e. The molecule has 2 heterocycles. The van der Waals surface area contributed by atoms with E-state index >= 15 is 0 Å². The lowest BCUT2D eigenvalue weighted by molar-refractivity contribution is 0.147. The van der Waals surface area contributed by atoms with Gasteiger partial charge in [-0.2, -0.15) is 17.4 Å². The molecule has 0 saturated carbocycles. The van der Waals surface area contributed by atoms with Crippen LogP contribution in [-0.2, 0) is 23.1 Å². The van der Waals surface area contributed by atoms with Crippen molar-refractivity contribution in [3.63, 3.8) is 0 Å². The summed E-state index contributed by atoms with van der Waals surface area (Å²) in [6.45, 7) is 3.26. The standard InChI is InChI=1S/C19H29N3O2S/c23-25(24,22-11-4-1-5-12-22)20-18-9-6-10-21(15-18)19-13-16-7-2-3-8-17(16)14-19/h2-3,7-8,18-20H,1,4-6,9-15H2/t18-/m0/s1. The molecule has 3 aliphatic rings. The second-order valence-electron chi connectivity index (χ2n) is 7.75. The zero-order chi connectivity index (χ0) is 17.3. The Morgan fingerprint density at radius 1 is 0.920 bits per heavy atom. The molecule has 4 rings (SSSR count). The number of fused-ring (bicyclic) bond motifs is 1. The minimum absolute atomic E-state index is 0.0457. The summed E-state index contributed by atoms with van der Waals surface area (Å²) in [7, 11) is -3.33. The van der Waals surface area contributed by atoms with Crippen LogP contribution in [0.5, 0.6) is 0 Å². The Hall–Kier alpha value is -0.950. The molecule has 0 aromatic heterocycles. The molecular formula is C19H29N3O2S. The van der Waals surface area contributed by atoms with E-state index < -0.39 is 10.2 Å². The van der Waals surface area contributed by atoms with E-state index in [1.165, 1.54) is 11.1 Å². The molecule has 0 radical (unpaired) electrons. The summed E-state index contributed by atoms with van der Waals surface area (Å²) in [6.07, 6.45) is 7.33. The molecule has 0 unspecified atom stereocenters. The average Bonchev–Trinajstić information content (AvgIpc) is 3.07. The summed E-state index contributed by atoms with van der Waals surface area (Å²) in [4.78, 5) is 2.51. The third-order valence-electron chi connectivity index (χ3n) is 5.97. The number of piperidine rings is 2. The predicted octanol–water partition coefficient (Wildman–Crippen LogP) is 1.94. The fraction of sp³-hybridized carbons (Fsp3) is 0.684. The van der Waals surface area contributed by atoms with Crippen molar-refractivity contribution < 1.29 is 8.42 Å². The third kappa shape index (κ3) is 3.92. The largest absolute Gasteiger partial charge is 0.298 e. The molecule has 2 aliphatic heterocycles. The first-order chi connectivity index (χ1) is 12.1. The van der Waals surface area contributed by atoms with E-state index in [1.54, 1.807) is 4.31 Å². The van der Waals surface area contributed by atoms with Gasteiger partial charge in [0.15, 0.2) is 0 Å². The van der Waals surface area contributed by atoms with E-state index in [9.17, 15) is 8.42 Å². The summed E-state index contributed by atoms with van der Waals surface area (Å²) in [5.74, 6) is 0. The zero-order valence-corrected chi connectivity index (χ0v) is 15.7. The first kappa shape index (κ1) is 17.5. The van der Waals surface area contributed by atoms with Crippen LogP contribution in [0.2, 0.25) is 0 Å². The van der Waals surface area contributed by atoms with Gasteiger partial charge in [0.1, 0.15) is 0 Å². The number of rotatable bonds is 4. The zero-order valence-electron chi connectivity index (χ0n) is 14.9. The van der Waals surface area contributed by atoms with Crippen molar-refractivity contribution in [1.29, 1.82) is 0 Å². The van der Waals surface area contributed by atoms with Crippen molar-refractivity contribution in [3.05, 3.63) is 35.4 Å². The SMILES string of the molecule is O=S(=O)(N[C@H]1CCCN(C2Cc3ccccc3C2)C1)N1CCCCC1. The van der Waals surface area contributed by atoms with Crippen LogP contribution in [0.1, 0.15) is 43.2 Å². The molecule has 1 aromatic rings. The van der Waals surface area contributed by atoms with Gasteiger partial charge in [-0.25, -0.2) is 0 Å². The maximum absolute atomic E-state index is 12.7. The molecule has 2 saturated heterocycles. The summed E-state index contributed by atoms with van der Waals surface area (Å²) in [6, 6.07) is 9.27. The number of benzene rings is 1. The topological polar surface area (TPSA) is 52.7 Å². The van der Waals surface area contributed by atoms with E-state index in [-0.39, 0.29) is 6.04 Å². The molecule has 5 nitrogen and oxygen atoms in total. The molecule has 1 N–H and O–H groups in total. The van der Waals surface area contributed by atoms with Gasteiger partial charge in [-0.3, -0.25) is 4.90 Å². The Labute approximate surface area is 151 Å². The molecular weight excluding hydrogens is 334 g/mol. The molecule has 0 amide bonds. The molecule has 25 heavy (non-hydrogen) atoms. The monoisotopic (exact) mass is 363 g/mol. The van der Waals surface area contributed by atoms with Crippen molar-refractivity contribution in [2.24, 2.45) is 0 Å². The Morgan fingerprint density at radius 2 is 1.60 bits per heavy atom. The Kier molecular flexibility index (Phi) is 5.13. The van der Waals surface area contributed by atoms with Crippen molar-refractivity contribution in [1.82, 2.24) is 13.9 Å².